The van der Waals surface area contributed by atoms with E-state index in [4.69, 9.17) is 16.3 Å². The van der Waals surface area contributed by atoms with E-state index in [0.717, 1.165) is 12.1 Å². The van der Waals surface area contributed by atoms with Gasteiger partial charge in [0.2, 0.25) is 5.91 Å². The van der Waals surface area contributed by atoms with Gasteiger partial charge in [0.25, 0.3) is 0 Å². The van der Waals surface area contributed by atoms with E-state index in [-0.39, 0.29) is 11.6 Å². The van der Waals surface area contributed by atoms with Crippen molar-refractivity contribution in [2.24, 2.45) is 0 Å². The lowest BCUT2D eigenvalue weighted by Gasteiger charge is -2.31. The number of nitrogens with zero attached hydrogens (tertiary/aromatic N) is 1. The van der Waals surface area contributed by atoms with Crippen molar-refractivity contribution in [2.45, 2.75) is 19.1 Å². The number of morpholine rings is 1. The number of hydrogen-bond acceptors (Lipinski definition) is 3. The fourth-order valence-electron chi connectivity index (χ4n) is 2.20. The number of benzene rings is 1. The molecule has 0 saturated carbocycles. The predicted octanol–water partition coefficient (Wildman–Crippen LogP) is 3.02. The minimum absolute atomic E-state index is 0.0711. The number of amides is 1. The van der Waals surface area contributed by atoms with Gasteiger partial charge in [-0.3, -0.25) is 9.69 Å². The minimum atomic E-state index is -4.56. The normalized spacial score (nSPS) is 18.0. The Morgan fingerprint density at radius 2 is 2.00 bits per heavy atom. The molecule has 122 valence electrons. The number of carbonyl (C=O) groups excluding carboxylic acids is 1. The van der Waals surface area contributed by atoms with Crippen LogP contribution in [0.3, 0.4) is 0 Å². The molecule has 0 bridgehead atoms. The second-order valence-corrected chi connectivity index (χ2v) is 5.41. The molecule has 1 aliphatic heterocycles. The summed E-state index contributed by atoms with van der Waals surface area (Å²) in [6.45, 7) is 4.01. The monoisotopic (exact) mass is 336 g/mol. The highest BCUT2D eigenvalue weighted by Gasteiger charge is 2.33. The van der Waals surface area contributed by atoms with Gasteiger partial charge in [-0.1, -0.05) is 11.6 Å². The Morgan fingerprint density at radius 3 is 2.59 bits per heavy atom. The lowest BCUT2D eigenvalue weighted by molar-refractivity contribution is -0.137. The highest BCUT2D eigenvalue weighted by molar-refractivity contribution is 6.31. The van der Waals surface area contributed by atoms with Gasteiger partial charge in [0.15, 0.2) is 0 Å². The van der Waals surface area contributed by atoms with E-state index in [1.165, 1.54) is 6.07 Å². The van der Waals surface area contributed by atoms with E-state index in [1.54, 1.807) is 6.92 Å². The molecule has 1 fully saturated rings. The number of alkyl halides is 3. The van der Waals surface area contributed by atoms with Crippen molar-refractivity contribution < 1.29 is 22.7 Å². The van der Waals surface area contributed by atoms with Gasteiger partial charge in [-0.2, -0.15) is 13.2 Å². The minimum Gasteiger partial charge on any atom is -0.379 e. The van der Waals surface area contributed by atoms with Crippen LogP contribution in [-0.2, 0) is 15.7 Å². The molecule has 1 amide bonds. The zero-order chi connectivity index (χ0) is 16.3. The zero-order valence-electron chi connectivity index (χ0n) is 11.9. The van der Waals surface area contributed by atoms with Gasteiger partial charge in [-0.05, 0) is 25.1 Å². The molecule has 1 atom stereocenters. The molecule has 1 aromatic carbocycles. The summed E-state index contributed by atoms with van der Waals surface area (Å²) in [7, 11) is 0. The summed E-state index contributed by atoms with van der Waals surface area (Å²) in [6, 6.07) is 2.86. The first-order valence-corrected chi connectivity index (χ1v) is 7.16. The topological polar surface area (TPSA) is 41.6 Å². The number of carbonyl (C=O) groups is 1. The Morgan fingerprint density at radius 1 is 1.36 bits per heavy atom. The number of ether oxygens (including phenoxy) is 1. The van der Waals surface area contributed by atoms with Crippen molar-refractivity contribution in [1.82, 2.24) is 4.90 Å². The van der Waals surface area contributed by atoms with E-state index in [2.05, 4.69) is 5.32 Å². The van der Waals surface area contributed by atoms with Crippen LogP contribution in [-0.4, -0.2) is 43.2 Å². The van der Waals surface area contributed by atoms with Crippen molar-refractivity contribution in [3.05, 3.63) is 28.8 Å². The van der Waals surface area contributed by atoms with Crippen LogP contribution in [0.1, 0.15) is 12.5 Å². The molecule has 0 aliphatic carbocycles. The molecule has 0 aromatic heterocycles. The van der Waals surface area contributed by atoms with Gasteiger partial charge in [0.05, 0.1) is 29.8 Å². The first-order valence-electron chi connectivity index (χ1n) is 6.78. The Labute approximate surface area is 131 Å². The van der Waals surface area contributed by atoms with Crippen LogP contribution in [0.25, 0.3) is 0 Å². The quantitative estimate of drug-likeness (QED) is 0.922. The molecular weight excluding hydrogens is 321 g/mol. The largest absolute Gasteiger partial charge is 0.417 e. The van der Waals surface area contributed by atoms with Crippen molar-refractivity contribution in [3.8, 4) is 0 Å². The Hall–Kier alpha value is -1.31. The number of halogens is 4. The highest BCUT2D eigenvalue weighted by atomic mass is 35.5. The van der Waals surface area contributed by atoms with Crippen molar-refractivity contribution in [1.29, 1.82) is 0 Å². The van der Waals surface area contributed by atoms with Crippen LogP contribution in [0.15, 0.2) is 18.2 Å². The van der Waals surface area contributed by atoms with E-state index >= 15 is 0 Å². The first-order chi connectivity index (χ1) is 10.3. The standard InChI is InChI=1S/C14H16ClF3N2O2/c1-9(20-4-6-22-7-5-20)13(21)19-10-2-3-12(15)11(8-10)14(16,17)18/h2-3,8-9H,4-7H2,1H3,(H,19,21). The third kappa shape index (κ3) is 4.12. The number of anilines is 1. The molecule has 1 unspecified atom stereocenters. The molecule has 1 aromatic rings. The van der Waals surface area contributed by atoms with Gasteiger partial charge in [-0.25, -0.2) is 0 Å². The maximum Gasteiger partial charge on any atom is 0.417 e. The molecule has 1 aliphatic rings. The molecule has 1 N–H and O–H groups in total. The fourth-order valence-corrected chi connectivity index (χ4v) is 2.42. The lowest BCUT2D eigenvalue weighted by atomic mass is 10.1. The summed E-state index contributed by atoms with van der Waals surface area (Å²) in [6.07, 6.45) is -4.56. The summed E-state index contributed by atoms with van der Waals surface area (Å²) in [5, 5.41) is 2.10. The molecular formula is C14H16ClF3N2O2. The first kappa shape index (κ1) is 17.1. The maximum absolute atomic E-state index is 12.8. The van der Waals surface area contributed by atoms with Gasteiger partial charge in [0.1, 0.15) is 0 Å². The number of hydrogen-bond donors (Lipinski definition) is 1. The Bertz CT molecular complexity index is 545. The molecule has 22 heavy (non-hydrogen) atoms. The van der Waals surface area contributed by atoms with E-state index in [9.17, 15) is 18.0 Å². The van der Waals surface area contributed by atoms with Crippen LogP contribution in [0.4, 0.5) is 18.9 Å². The van der Waals surface area contributed by atoms with Gasteiger partial charge < -0.3 is 10.1 Å². The van der Waals surface area contributed by atoms with Crippen molar-refractivity contribution in [2.75, 3.05) is 31.6 Å². The molecule has 1 heterocycles. The second-order valence-electron chi connectivity index (χ2n) is 5.01. The Balaban J connectivity index is 2.08. The van der Waals surface area contributed by atoms with Gasteiger partial charge in [-0.15, -0.1) is 0 Å². The summed E-state index contributed by atoms with van der Waals surface area (Å²) < 4.78 is 43.6. The molecule has 2 rings (SSSR count). The summed E-state index contributed by atoms with van der Waals surface area (Å²) in [4.78, 5) is 14.1. The number of rotatable bonds is 3. The molecule has 8 heteroatoms. The van der Waals surface area contributed by atoms with Crippen molar-refractivity contribution >= 4 is 23.2 Å². The number of nitrogens with one attached hydrogen (secondary N) is 1. The average Bonchev–Trinajstić information content (AvgIpc) is 2.48. The summed E-state index contributed by atoms with van der Waals surface area (Å²) in [5.74, 6) is -0.364. The van der Waals surface area contributed by atoms with Crippen LogP contribution >= 0.6 is 11.6 Å². The molecule has 4 nitrogen and oxygen atoms in total. The van der Waals surface area contributed by atoms with Gasteiger partial charge >= 0.3 is 6.18 Å². The van der Waals surface area contributed by atoms with Gasteiger partial charge in [0, 0.05) is 18.8 Å². The predicted molar refractivity (Wildman–Crippen MR) is 76.9 cm³/mol. The fraction of sp³-hybridized carbons (Fsp3) is 0.500. The lowest BCUT2D eigenvalue weighted by Crippen LogP contribution is -2.47. The summed E-state index contributed by atoms with van der Waals surface area (Å²) in [5.41, 5.74) is -0.896. The third-order valence-corrected chi connectivity index (χ3v) is 3.84. The van der Waals surface area contributed by atoms with Crippen LogP contribution in [0.5, 0.6) is 0 Å². The smallest absolute Gasteiger partial charge is 0.379 e. The molecule has 1 saturated heterocycles. The summed E-state index contributed by atoms with van der Waals surface area (Å²) >= 11 is 5.55. The van der Waals surface area contributed by atoms with Crippen LogP contribution in [0.2, 0.25) is 5.02 Å². The van der Waals surface area contributed by atoms with Crippen molar-refractivity contribution in [3.63, 3.8) is 0 Å². The molecule has 0 spiro atoms. The van der Waals surface area contributed by atoms with Crippen LogP contribution < -0.4 is 5.32 Å². The van der Waals surface area contributed by atoms with E-state index in [1.807, 2.05) is 4.90 Å². The van der Waals surface area contributed by atoms with Crippen LogP contribution in [0, 0.1) is 0 Å². The Kier molecular flexibility index (Phi) is 5.31. The SMILES string of the molecule is CC(C(=O)Nc1ccc(Cl)c(C(F)(F)F)c1)N1CCOCC1. The zero-order valence-corrected chi connectivity index (χ0v) is 12.7. The third-order valence-electron chi connectivity index (χ3n) is 3.51. The average molecular weight is 337 g/mol. The highest BCUT2D eigenvalue weighted by Crippen LogP contribution is 2.36. The van der Waals surface area contributed by atoms with E-state index in [0.29, 0.717) is 26.3 Å². The maximum atomic E-state index is 12.8. The second kappa shape index (κ2) is 6.85. The molecule has 0 radical (unpaired) electrons. The van der Waals surface area contributed by atoms with E-state index < -0.39 is 22.8 Å².